The summed E-state index contributed by atoms with van der Waals surface area (Å²) in [6.07, 6.45) is 4.40. The molecular weight excluding hydrogens is 379 g/mol. The van der Waals surface area contributed by atoms with E-state index < -0.39 is 0 Å². The van der Waals surface area contributed by atoms with Crippen molar-refractivity contribution in [2.45, 2.75) is 51.5 Å². The molecule has 0 bridgehead atoms. The van der Waals surface area contributed by atoms with Crippen LogP contribution in [0.25, 0.3) is 0 Å². The van der Waals surface area contributed by atoms with Crippen LogP contribution < -0.4 is 4.46 Å². The first-order valence-corrected chi connectivity index (χ1v) is 11.2. The third-order valence-electron chi connectivity index (χ3n) is 4.87. The number of hydrogen-bond acceptors (Lipinski definition) is 3. The van der Waals surface area contributed by atoms with Crippen LogP contribution in [0.4, 0.5) is 0 Å². The summed E-state index contributed by atoms with van der Waals surface area (Å²) in [6.45, 7) is 6.91. The topological polar surface area (TPSA) is 46.5 Å². The number of ether oxygens (including phenoxy) is 1. The van der Waals surface area contributed by atoms with Crippen LogP contribution in [0.3, 0.4) is 0 Å². The Hall–Kier alpha value is -1.09. The average molecular weight is 409 g/mol. The fraction of sp³-hybridized carbons (Fsp3) is 0.571. The van der Waals surface area contributed by atoms with Gasteiger partial charge in [0.2, 0.25) is 0 Å². The van der Waals surface area contributed by atoms with E-state index in [0.29, 0.717) is 18.9 Å². The van der Waals surface area contributed by atoms with Crippen molar-refractivity contribution in [3.8, 4) is 0 Å². The number of esters is 1. The second-order valence-corrected chi connectivity index (χ2v) is 9.55. The van der Waals surface area contributed by atoms with Crippen LogP contribution >= 0.6 is 0 Å². The summed E-state index contributed by atoms with van der Waals surface area (Å²) < 4.78 is 6.50. The summed E-state index contributed by atoms with van der Waals surface area (Å²) in [7, 11) is 0. The van der Waals surface area contributed by atoms with E-state index in [1.165, 1.54) is 10.0 Å². The SMILES string of the molecule is CC(C)=CCC[C@H](C)[C@H]([C@H]1COC(=O)C1)[C@@H](O)C[Se]c1ccccc1. The van der Waals surface area contributed by atoms with Crippen molar-refractivity contribution in [2.75, 3.05) is 6.61 Å². The van der Waals surface area contributed by atoms with Gasteiger partial charge in [-0.05, 0) is 0 Å². The fourth-order valence-electron chi connectivity index (χ4n) is 3.57. The molecule has 2 rings (SSSR count). The molecule has 0 saturated carbocycles. The van der Waals surface area contributed by atoms with Crippen molar-refractivity contribution < 1.29 is 14.6 Å². The molecule has 1 fully saturated rings. The number of aliphatic hydroxyl groups excluding tert-OH is 1. The third-order valence-corrected chi connectivity index (χ3v) is 7.21. The van der Waals surface area contributed by atoms with Gasteiger partial charge in [0.1, 0.15) is 0 Å². The van der Waals surface area contributed by atoms with Crippen LogP contribution in [0.5, 0.6) is 0 Å². The first kappa shape index (κ1) is 20.2. The molecule has 1 heterocycles. The Morgan fingerprint density at radius 2 is 2.08 bits per heavy atom. The minimum atomic E-state index is -0.374. The van der Waals surface area contributed by atoms with Gasteiger partial charge < -0.3 is 0 Å². The Labute approximate surface area is 158 Å². The molecule has 1 aromatic rings. The van der Waals surface area contributed by atoms with E-state index in [9.17, 15) is 9.90 Å². The normalized spacial score (nSPS) is 20.6. The van der Waals surface area contributed by atoms with Gasteiger partial charge in [-0.1, -0.05) is 0 Å². The van der Waals surface area contributed by atoms with Gasteiger partial charge in [-0.2, -0.15) is 0 Å². The molecule has 3 nitrogen and oxygen atoms in total. The first-order valence-electron chi connectivity index (χ1n) is 9.12. The Balaban J connectivity index is 1.99. The molecule has 138 valence electrons. The average Bonchev–Trinajstić information content (AvgIpc) is 2.99. The van der Waals surface area contributed by atoms with Crippen molar-refractivity contribution in [1.82, 2.24) is 0 Å². The van der Waals surface area contributed by atoms with Crippen molar-refractivity contribution in [3.63, 3.8) is 0 Å². The fourth-order valence-corrected chi connectivity index (χ4v) is 5.54. The predicted molar refractivity (Wildman–Crippen MR) is 103 cm³/mol. The molecule has 0 aromatic heterocycles. The molecule has 0 unspecified atom stereocenters. The zero-order chi connectivity index (χ0) is 18.2. The van der Waals surface area contributed by atoms with Gasteiger partial charge in [0, 0.05) is 0 Å². The number of cyclic esters (lactones) is 1. The quantitative estimate of drug-likeness (QED) is 0.387. The van der Waals surface area contributed by atoms with Crippen molar-refractivity contribution in [1.29, 1.82) is 0 Å². The minimum absolute atomic E-state index is 0.118. The molecular formula is C21H30O3Se. The van der Waals surface area contributed by atoms with Crippen LogP contribution in [0.1, 0.15) is 40.0 Å². The Kier molecular flexibility index (Phi) is 8.21. The number of benzene rings is 1. The molecule has 4 atom stereocenters. The van der Waals surface area contributed by atoms with E-state index in [0.717, 1.165) is 18.2 Å². The van der Waals surface area contributed by atoms with Crippen molar-refractivity contribution in [3.05, 3.63) is 42.0 Å². The van der Waals surface area contributed by atoms with E-state index in [1.54, 1.807) is 0 Å². The zero-order valence-electron chi connectivity index (χ0n) is 15.5. The number of carbonyl (C=O) groups is 1. The third kappa shape index (κ3) is 6.62. The molecule has 1 aromatic carbocycles. The number of hydrogen-bond donors (Lipinski definition) is 1. The molecule has 1 saturated heterocycles. The molecule has 1 aliphatic rings. The standard InChI is InChI=1S/C21H30O3Se/c1-15(2)8-7-9-16(3)21(17-12-20(23)24-13-17)19(22)14-25-18-10-5-4-6-11-18/h4-6,8,10-11,16-17,19,21-22H,7,9,12-14H2,1-3H3/t16-,17+,19-,21+/m0/s1. The predicted octanol–water partition coefficient (Wildman–Crippen LogP) is 3.36. The summed E-state index contributed by atoms with van der Waals surface area (Å²) in [6, 6.07) is 10.4. The summed E-state index contributed by atoms with van der Waals surface area (Å²) >= 11 is 0.252. The van der Waals surface area contributed by atoms with Gasteiger partial charge in [0.05, 0.1) is 0 Å². The van der Waals surface area contributed by atoms with Crippen LogP contribution in [-0.2, 0) is 9.53 Å². The molecule has 4 heteroatoms. The van der Waals surface area contributed by atoms with Crippen LogP contribution in [0.2, 0.25) is 5.32 Å². The molecule has 0 aliphatic carbocycles. The number of allylic oxidation sites excluding steroid dienone is 2. The molecule has 25 heavy (non-hydrogen) atoms. The second kappa shape index (κ2) is 10.2. The number of carbonyl (C=O) groups excluding carboxylic acids is 1. The Bertz CT molecular complexity index is 566. The number of aliphatic hydroxyl groups is 1. The first-order chi connectivity index (χ1) is 12.0. The summed E-state index contributed by atoms with van der Waals surface area (Å²) in [5, 5.41) is 11.7. The van der Waals surface area contributed by atoms with Crippen LogP contribution in [0.15, 0.2) is 42.0 Å². The maximum atomic E-state index is 11.6. The van der Waals surface area contributed by atoms with Gasteiger partial charge in [-0.3, -0.25) is 0 Å². The van der Waals surface area contributed by atoms with Gasteiger partial charge >= 0.3 is 158 Å². The molecule has 0 spiro atoms. The van der Waals surface area contributed by atoms with Crippen LogP contribution in [-0.4, -0.2) is 38.7 Å². The van der Waals surface area contributed by atoms with Gasteiger partial charge in [-0.15, -0.1) is 0 Å². The molecule has 0 amide bonds. The Morgan fingerprint density at radius 3 is 2.68 bits per heavy atom. The number of rotatable bonds is 9. The van der Waals surface area contributed by atoms with E-state index in [1.807, 2.05) is 18.2 Å². The molecule has 1 N–H and O–H groups in total. The monoisotopic (exact) mass is 410 g/mol. The molecule has 1 aliphatic heterocycles. The van der Waals surface area contributed by atoms with Gasteiger partial charge in [0.25, 0.3) is 0 Å². The van der Waals surface area contributed by atoms with Crippen LogP contribution in [0, 0.1) is 17.8 Å². The zero-order valence-corrected chi connectivity index (χ0v) is 17.2. The van der Waals surface area contributed by atoms with E-state index >= 15 is 0 Å². The van der Waals surface area contributed by atoms with Gasteiger partial charge in [0.15, 0.2) is 0 Å². The van der Waals surface area contributed by atoms with E-state index in [4.69, 9.17) is 4.74 Å². The maximum absolute atomic E-state index is 11.6. The second-order valence-electron chi connectivity index (χ2n) is 7.25. The van der Waals surface area contributed by atoms with Gasteiger partial charge in [-0.25, -0.2) is 0 Å². The summed E-state index contributed by atoms with van der Waals surface area (Å²) in [5.41, 5.74) is 1.33. The van der Waals surface area contributed by atoms with E-state index in [-0.39, 0.29) is 38.9 Å². The Morgan fingerprint density at radius 1 is 1.36 bits per heavy atom. The van der Waals surface area contributed by atoms with E-state index in [2.05, 4.69) is 39.0 Å². The summed E-state index contributed by atoms with van der Waals surface area (Å²) in [4.78, 5) is 11.6. The van der Waals surface area contributed by atoms with Crippen molar-refractivity contribution in [2.24, 2.45) is 17.8 Å². The van der Waals surface area contributed by atoms with Crippen molar-refractivity contribution >= 4 is 25.4 Å². The summed E-state index contributed by atoms with van der Waals surface area (Å²) in [5.74, 6) is 0.530. The molecule has 0 radical (unpaired) electrons.